The average molecular weight is 527 g/mol. The van der Waals surface area contributed by atoms with E-state index in [0.29, 0.717) is 22.2 Å². The molecule has 3 rings (SSSR count). The van der Waals surface area contributed by atoms with Gasteiger partial charge in [0.15, 0.2) is 0 Å². The molecule has 0 radical (unpaired) electrons. The standard InChI is InChI=1S/C29H32Cl2N2O3/c1-4-20(2)32-29(35)27(17-21-8-6-5-7-9-21)33(19-23-12-15-25(30)26(31)16-23)28(34)18-22-10-13-24(36-3)14-11-22/h5-16,20,27H,4,17-19H2,1-3H3,(H,32,35)/t20-,27+/m1/s1. The lowest BCUT2D eigenvalue weighted by atomic mass is 10.0. The van der Waals surface area contributed by atoms with Gasteiger partial charge >= 0.3 is 0 Å². The third kappa shape index (κ3) is 7.74. The summed E-state index contributed by atoms with van der Waals surface area (Å²) in [4.78, 5) is 29.0. The van der Waals surface area contributed by atoms with Crippen LogP contribution in [0.1, 0.15) is 37.0 Å². The molecule has 0 saturated heterocycles. The second-order valence-electron chi connectivity index (χ2n) is 8.82. The molecule has 2 amide bonds. The third-order valence-electron chi connectivity index (χ3n) is 6.12. The predicted octanol–water partition coefficient (Wildman–Crippen LogP) is 6.10. The van der Waals surface area contributed by atoms with Crippen LogP contribution in [0.4, 0.5) is 0 Å². The van der Waals surface area contributed by atoms with Crippen LogP contribution in [-0.2, 0) is 29.0 Å². The van der Waals surface area contributed by atoms with Crippen molar-refractivity contribution in [3.63, 3.8) is 0 Å². The first kappa shape index (κ1) is 27.6. The highest BCUT2D eigenvalue weighted by atomic mass is 35.5. The van der Waals surface area contributed by atoms with Crippen LogP contribution in [0.2, 0.25) is 10.0 Å². The number of ether oxygens (including phenoxy) is 1. The molecule has 0 bridgehead atoms. The molecule has 0 aliphatic rings. The molecule has 0 unspecified atom stereocenters. The van der Waals surface area contributed by atoms with Gasteiger partial charge in [-0.1, -0.05) is 78.7 Å². The van der Waals surface area contributed by atoms with E-state index in [1.807, 2.05) is 74.5 Å². The first-order valence-electron chi connectivity index (χ1n) is 12.0. The highest BCUT2D eigenvalue weighted by Crippen LogP contribution is 2.25. The topological polar surface area (TPSA) is 58.6 Å². The van der Waals surface area contributed by atoms with Crippen LogP contribution in [0.3, 0.4) is 0 Å². The minimum atomic E-state index is -0.707. The number of methoxy groups -OCH3 is 1. The van der Waals surface area contributed by atoms with Gasteiger partial charge in [-0.25, -0.2) is 0 Å². The first-order chi connectivity index (χ1) is 17.3. The fourth-order valence-electron chi connectivity index (χ4n) is 3.85. The van der Waals surface area contributed by atoms with E-state index in [0.717, 1.165) is 23.1 Å². The van der Waals surface area contributed by atoms with Gasteiger partial charge in [-0.3, -0.25) is 9.59 Å². The van der Waals surface area contributed by atoms with E-state index >= 15 is 0 Å². The maximum absolute atomic E-state index is 13.8. The van der Waals surface area contributed by atoms with Gasteiger partial charge in [-0.2, -0.15) is 0 Å². The van der Waals surface area contributed by atoms with E-state index in [2.05, 4.69) is 5.32 Å². The van der Waals surface area contributed by atoms with Crippen LogP contribution in [-0.4, -0.2) is 35.9 Å². The Bertz CT molecular complexity index is 1150. The molecule has 0 aliphatic carbocycles. The SMILES string of the molecule is CC[C@@H](C)NC(=O)[C@H](Cc1ccccc1)N(Cc1ccc(Cl)c(Cl)c1)C(=O)Cc1ccc(OC)cc1. The van der Waals surface area contributed by atoms with Crippen molar-refractivity contribution in [2.75, 3.05) is 7.11 Å². The highest BCUT2D eigenvalue weighted by molar-refractivity contribution is 6.42. The number of hydrogen-bond acceptors (Lipinski definition) is 3. The molecule has 5 nitrogen and oxygen atoms in total. The molecule has 1 N–H and O–H groups in total. The molecule has 0 aromatic heterocycles. The Hall–Kier alpha value is -3.02. The second-order valence-corrected chi connectivity index (χ2v) is 9.63. The summed E-state index contributed by atoms with van der Waals surface area (Å²) < 4.78 is 5.23. The normalized spacial score (nSPS) is 12.5. The van der Waals surface area contributed by atoms with Crippen molar-refractivity contribution in [2.45, 2.75) is 51.7 Å². The van der Waals surface area contributed by atoms with Crippen LogP contribution < -0.4 is 10.1 Å². The van der Waals surface area contributed by atoms with E-state index < -0.39 is 6.04 Å². The van der Waals surface area contributed by atoms with Crippen molar-refractivity contribution in [3.8, 4) is 5.75 Å². The largest absolute Gasteiger partial charge is 0.497 e. The van der Waals surface area contributed by atoms with Crippen LogP contribution in [0, 0.1) is 0 Å². The summed E-state index contributed by atoms with van der Waals surface area (Å²) in [5.74, 6) is 0.372. The Balaban J connectivity index is 1.97. The summed E-state index contributed by atoms with van der Waals surface area (Å²) in [6.45, 7) is 4.19. The molecule has 0 saturated carbocycles. The lowest BCUT2D eigenvalue weighted by Crippen LogP contribution is -2.52. The lowest BCUT2D eigenvalue weighted by Gasteiger charge is -2.32. The Morgan fingerprint density at radius 2 is 1.58 bits per heavy atom. The van der Waals surface area contributed by atoms with E-state index in [1.165, 1.54) is 0 Å². The summed E-state index contributed by atoms with van der Waals surface area (Å²) >= 11 is 12.4. The van der Waals surface area contributed by atoms with Crippen molar-refractivity contribution in [1.82, 2.24) is 10.2 Å². The maximum Gasteiger partial charge on any atom is 0.243 e. The van der Waals surface area contributed by atoms with Crippen molar-refractivity contribution in [2.24, 2.45) is 0 Å². The molecule has 190 valence electrons. The van der Waals surface area contributed by atoms with E-state index in [4.69, 9.17) is 27.9 Å². The quantitative estimate of drug-likeness (QED) is 0.328. The molecule has 0 aliphatic heterocycles. The molecule has 2 atom stereocenters. The summed E-state index contributed by atoms with van der Waals surface area (Å²) in [6, 6.07) is 21.6. The third-order valence-corrected chi connectivity index (χ3v) is 6.86. The number of halogens is 2. The summed E-state index contributed by atoms with van der Waals surface area (Å²) in [5, 5.41) is 3.91. The molecular formula is C29H32Cl2N2O3. The Morgan fingerprint density at radius 1 is 0.917 bits per heavy atom. The van der Waals surface area contributed by atoms with Gasteiger partial charge in [0.05, 0.1) is 23.6 Å². The number of nitrogens with zero attached hydrogens (tertiary/aromatic N) is 1. The fourth-order valence-corrected chi connectivity index (χ4v) is 4.17. The first-order valence-corrected chi connectivity index (χ1v) is 12.8. The number of amides is 2. The Kier molecular flexibility index (Phi) is 10.2. The van der Waals surface area contributed by atoms with Gasteiger partial charge in [0.25, 0.3) is 0 Å². The number of rotatable bonds is 11. The lowest BCUT2D eigenvalue weighted by molar-refractivity contribution is -0.141. The Labute approximate surface area is 223 Å². The van der Waals surface area contributed by atoms with Crippen molar-refractivity contribution < 1.29 is 14.3 Å². The van der Waals surface area contributed by atoms with Crippen molar-refractivity contribution >= 4 is 35.0 Å². The zero-order valence-corrected chi connectivity index (χ0v) is 22.4. The molecular weight excluding hydrogens is 495 g/mol. The van der Waals surface area contributed by atoms with E-state index in [9.17, 15) is 9.59 Å². The van der Waals surface area contributed by atoms with Gasteiger partial charge in [0, 0.05) is 19.0 Å². The monoisotopic (exact) mass is 526 g/mol. The molecule has 0 spiro atoms. The van der Waals surface area contributed by atoms with E-state index in [-0.39, 0.29) is 30.8 Å². The van der Waals surface area contributed by atoms with E-state index in [1.54, 1.807) is 24.1 Å². The second kappa shape index (κ2) is 13.3. The number of nitrogens with one attached hydrogen (secondary N) is 1. The van der Waals surface area contributed by atoms with Crippen LogP contribution >= 0.6 is 23.2 Å². The molecule has 3 aromatic carbocycles. The summed E-state index contributed by atoms with van der Waals surface area (Å²) in [7, 11) is 1.60. The van der Waals surface area contributed by atoms with Gasteiger partial charge in [-0.15, -0.1) is 0 Å². The van der Waals surface area contributed by atoms with Gasteiger partial charge in [0.2, 0.25) is 11.8 Å². The maximum atomic E-state index is 13.8. The number of carbonyl (C=O) groups excluding carboxylic acids is 2. The van der Waals surface area contributed by atoms with Gasteiger partial charge < -0.3 is 15.0 Å². The predicted molar refractivity (Wildman–Crippen MR) is 146 cm³/mol. The molecule has 36 heavy (non-hydrogen) atoms. The molecule has 7 heteroatoms. The summed E-state index contributed by atoms with van der Waals surface area (Å²) in [6.07, 6.45) is 1.32. The van der Waals surface area contributed by atoms with Gasteiger partial charge in [0.1, 0.15) is 11.8 Å². The Morgan fingerprint density at radius 3 is 2.19 bits per heavy atom. The molecule has 0 heterocycles. The average Bonchev–Trinajstić information content (AvgIpc) is 2.89. The number of carbonyl (C=O) groups is 2. The minimum Gasteiger partial charge on any atom is -0.497 e. The number of benzene rings is 3. The minimum absolute atomic E-state index is 0.0145. The smallest absolute Gasteiger partial charge is 0.243 e. The van der Waals surface area contributed by atoms with Crippen LogP contribution in [0.5, 0.6) is 5.75 Å². The van der Waals surface area contributed by atoms with Crippen molar-refractivity contribution in [3.05, 3.63) is 99.5 Å². The molecule has 3 aromatic rings. The highest BCUT2D eigenvalue weighted by Gasteiger charge is 2.31. The van der Waals surface area contributed by atoms with Crippen LogP contribution in [0.25, 0.3) is 0 Å². The van der Waals surface area contributed by atoms with Gasteiger partial charge in [-0.05, 0) is 54.3 Å². The summed E-state index contributed by atoms with van der Waals surface area (Å²) in [5.41, 5.74) is 2.60. The molecule has 0 fully saturated rings. The fraction of sp³-hybridized carbons (Fsp3) is 0.310. The van der Waals surface area contributed by atoms with Crippen molar-refractivity contribution in [1.29, 1.82) is 0 Å². The zero-order valence-electron chi connectivity index (χ0n) is 20.8. The van der Waals surface area contributed by atoms with Crippen LogP contribution in [0.15, 0.2) is 72.8 Å². The zero-order chi connectivity index (χ0) is 26.1. The number of hydrogen-bond donors (Lipinski definition) is 1.